The van der Waals surface area contributed by atoms with Gasteiger partial charge in [-0.1, -0.05) is 41.4 Å². The summed E-state index contributed by atoms with van der Waals surface area (Å²) in [6.45, 7) is 0.550. The molecule has 4 nitrogen and oxygen atoms in total. The van der Waals surface area contributed by atoms with Crippen molar-refractivity contribution < 1.29 is 8.42 Å². The maximum Gasteiger partial charge on any atom is 0.229 e. The van der Waals surface area contributed by atoms with Crippen molar-refractivity contribution in [2.45, 2.75) is 6.54 Å². The molecule has 0 heterocycles. The molecule has 2 aromatic rings. The third kappa shape index (κ3) is 4.81. The minimum atomic E-state index is -3.35. The lowest BCUT2D eigenvalue weighted by Gasteiger charge is -2.11. The van der Waals surface area contributed by atoms with Gasteiger partial charge in [0.1, 0.15) is 0 Å². The van der Waals surface area contributed by atoms with Crippen molar-refractivity contribution in [3.8, 4) is 0 Å². The van der Waals surface area contributed by atoms with E-state index in [2.05, 4.69) is 10.0 Å². The van der Waals surface area contributed by atoms with Crippen LogP contribution in [0.1, 0.15) is 5.56 Å². The number of nitrogens with one attached hydrogen (secondary N) is 2. The van der Waals surface area contributed by atoms with E-state index in [9.17, 15) is 8.42 Å². The molecule has 0 spiro atoms. The van der Waals surface area contributed by atoms with E-state index in [0.29, 0.717) is 22.3 Å². The van der Waals surface area contributed by atoms with Crippen molar-refractivity contribution in [3.05, 3.63) is 58.1 Å². The molecule has 0 aliphatic rings. The first-order valence-corrected chi connectivity index (χ1v) is 8.74. The molecule has 0 saturated carbocycles. The van der Waals surface area contributed by atoms with Crippen molar-refractivity contribution in [3.63, 3.8) is 0 Å². The number of halogens is 2. The summed E-state index contributed by atoms with van der Waals surface area (Å²) in [7, 11) is -3.35. The smallest absolute Gasteiger partial charge is 0.229 e. The zero-order valence-corrected chi connectivity index (χ0v) is 13.6. The van der Waals surface area contributed by atoms with Gasteiger partial charge in [-0.05, 0) is 29.8 Å². The topological polar surface area (TPSA) is 58.2 Å². The maximum atomic E-state index is 11.2. The molecule has 0 saturated heterocycles. The van der Waals surface area contributed by atoms with E-state index in [-0.39, 0.29) is 0 Å². The van der Waals surface area contributed by atoms with Gasteiger partial charge < -0.3 is 5.32 Å². The number of rotatable bonds is 5. The van der Waals surface area contributed by atoms with Crippen molar-refractivity contribution in [2.75, 3.05) is 16.3 Å². The van der Waals surface area contributed by atoms with E-state index in [1.165, 1.54) is 0 Å². The Morgan fingerprint density at radius 1 is 1.05 bits per heavy atom. The van der Waals surface area contributed by atoms with E-state index in [1.54, 1.807) is 18.2 Å². The Morgan fingerprint density at radius 2 is 1.76 bits per heavy atom. The van der Waals surface area contributed by atoms with Crippen molar-refractivity contribution in [2.24, 2.45) is 0 Å². The molecule has 0 aliphatic heterocycles. The molecule has 0 unspecified atom stereocenters. The summed E-state index contributed by atoms with van der Waals surface area (Å²) in [5.74, 6) is 0. The molecule has 2 N–H and O–H groups in total. The second kappa shape index (κ2) is 6.56. The summed E-state index contributed by atoms with van der Waals surface area (Å²) in [6, 6.07) is 12.5. The molecule has 0 fully saturated rings. The summed E-state index contributed by atoms with van der Waals surface area (Å²) in [4.78, 5) is 0. The first-order chi connectivity index (χ1) is 9.85. The van der Waals surface area contributed by atoms with Gasteiger partial charge >= 0.3 is 0 Å². The molecule has 0 aromatic heterocycles. The van der Waals surface area contributed by atoms with Crippen LogP contribution in [0.2, 0.25) is 10.0 Å². The van der Waals surface area contributed by atoms with Crippen molar-refractivity contribution in [1.29, 1.82) is 0 Å². The fourth-order valence-corrected chi connectivity index (χ4v) is 2.81. The molecule has 0 bridgehead atoms. The SMILES string of the molecule is CS(=O)(=O)Nc1ccc(NCc2ccccc2Cl)cc1Cl. The van der Waals surface area contributed by atoms with E-state index in [4.69, 9.17) is 23.2 Å². The van der Waals surface area contributed by atoms with Crippen LogP contribution in [0.5, 0.6) is 0 Å². The highest BCUT2D eigenvalue weighted by Crippen LogP contribution is 2.27. The lowest BCUT2D eigenvalue weighted by atomic mass is 10.2. The second-order valence-electron chi connectivity index (χ2n) is 4.51. The average Bonchev–Trinajstić information content (AvgIpc) is 2.39. The highest BCUT2D eigenvalue weighted by Gasteiger charge is 2.07. The molecule has 0 aliphatic carbocycles. The summed E-state index contributed by atoms with van der Waals surface area (Å²) < 4.78 is 24.7. The van der Waals surface area contributed by atoms with Crippen LogP contribution in [0.15, 0.2) is 42.5 Å². The van der Waals surface area contributed by atoms with Crippen LogP contribution < -0.4 is 10.0 Å². The van der Waals surface area contributed by atoms with Crippen molar-refractivity contribution in [1.82, 2.24) is 0 Å². The van der Waals surface area contributed by atoms with Crippen LogP contribution in [0, 0.1) is 0 Å². The molecule has 7 heteroatoms. The predicted octanol–water partition coefficient (Wildman–Crippen LogP) is 3.98. The molecule has 0 atom stereocenters. The lowest BCUT2D eigenvalue weighted by molar-refractivity contribution is 0.607. The minimum absolute atomic E-state index is 0.324. The summed E-state index contributed by atoms with van der Waals surface area (Å²) in [6.07, 6.45) is 1.08. The van der Waals surface area contributed by atoms with Crippen LogP contribution in [-0.4, -0.2) is 14.7 Å². The van der Waals surface area contributed by atoms with Gasteiger partial charge in [0.15, 0.2) is 0 Å². The molecule has 21 heavy (non-hydrogen) atoms. The Hall–Kier alpha value is -1.43. The van der Waals surface area contributed by atoms with E-state index in [1.807, 2.05) is 24.3 Å². The predicted molar refractivity (Wildman–Crippen MR) is 88.7 cm³/mol. The van der Waals surface area contributed by atoms with E-state index < -0.39 is 10.0 Å². The number of anilines is 2. The van der Waals surface area contributed by atoms with Crippen LogP contribution in [0.4, 0.5) is 11.4 Å². The Kier molecular flexibility index (Phi) is 4.98. The zero-order valence-electron chi connectivity index (χ0n) is 11.2. The Morgan fingerprint density at radius 3 is 2.38 bits per heavy atom. The number of hydrogen-bond donors (Lipinski definition) is 2. The molecular formula is C14H14Cl2N2O2S. The Bertz CT molecular complexity index is 748. The summed E-state index contributed by atoms with van der Waals surface area (Å²) in [5.41, 5.74) is 2.09. The fourth-order valence-electron chi connectivity index (χ4n) is 1.75. The molecule has 112 valence electrons. The highest BCUT2D eigenvalue weighted by molar-refractivity contribution is 7.92. The largest absolute Gasteiger partial charge is 0.381 e. The van der Waals surface area contributed by atoms with E-state index >= 15 is 0 Å². The Labute approximate surface area is 134 Å². The minimum Gasteiger partial charge on any atom is -0.381 e. The Balaban J connectivity index is 2.09. The molecule has 0 amide bonds. The van der Waals surface area contributed by atoms with Gasteiger partial charge in [-0.2, -0.15) is 0 Å². The monoisotopic (exact) mass is 344 g/mol. The van der Waals surface area contributed by atoms with E-state index in [0.717, 1.165) is 17.5 Å². The maximum absolute atomic E-state index is 11.2. The van der Waals surface area contributed by atoms with Crippen LogP contribution >= 0.6 is 23.2 Å². The third-order valence-corrected chi connectivity index (χ3v) is 3.98. The second-order valence-corrected chi connectivity index (χ2v) is 7.08. The van der Waals surface area contributed by atoms with Crippen molar-refractivity contribution >= 4 is 44.6 Å². The lowest BCUT2D eigenvalue weighted by Crippen LogP contribution is -2.10. The normalized spacial score (nSPS) is 11.2. The first kappa shape index (κ1) is 15.9. The molecule has 2 aromatic carbocycles. The van der Waals surface area contributed by atoms with Gasteiger partial charge in [-0.25, -0.2) is 8.42 Å². The summed E-state index contributed by atoms with van der Waals surface area (Å²) in [5, 5.41) is 4.20. The summed E-state index contributed by atoms with van der Waals surface area (Å²) >= 11 is 12.1. The van der Waals surface area contributed by atoms with Gasteiger partial charge in [-0.15, -0.1) is 0 Å². The number of benzene rings is 2. The quantitative estimate of drug-likeness (QED) is 0.862. The van der Waals surface area contributed by atoms with Gasteiger partial charge in [0.25, 0.3) is 0 Å². The van der Waals surface area contributed by atoms with Gasteiger partial charge in [-0.3, -0.25) is 4.72 Å². The molecule has 0 radical (unpaired) electrons. The molecule has 2 rings (SSSR count). The highest BCUT2D eigenvalue weighted by atomic mass is 35.5. The third-order valence-electron chi connectivity index (χ3n) is 2.71. The molecular weight excluding hydrogens is 331 g/mol. The van der Waals surface area contributed by atoms with Gasteiger partial charge in [0.2, 0.25) is 10.0 Å². The number of sulfonamides is 1. The average molecular weight is 345 g/mol. The number of hydrogen-bond acceptors (Lipinski definition) is 3. The van der Waals surface area contributed by atoms with Gasteiger partial charge in [0.05, 0.1) is 17.0 Å². The first-order valence-electron chi connectivity index (χ1n) is 6.10. The van der Waals surface area contributed by atoms with Crippen LogP contribution in [0.25, 0.3) is 0 Å². The standard InChI is InChI=1S/C14H14Cl2N2O2S/c1-21(19,20)18-14-7-6-11(8-13(14)16)17-9-10-4-2-3-5-12(10)15/h2-8,17-18H,9H2,1H3. The zero-order chi connectivity index (χ0) is 15.5. The fraction of sp³-hybridized carbons (Fsp3) is 0.143. The van der Waals surface area contributed by atoms with Crippen LogP contribution in [0.3, 0.4) is 0 Å². The van der Waals surface area contributed by atoms with Crippen LogP contribution in [-0.2, 0) is 16.6 Å². The van der Waals surface area contributed by atoms with Gasteiger partial charge in [0, 0.05) is 17.3 Å².